The number of rotatable bonds is 2. The van der Waals surface area contributed by atoms with E-state index in [1.165, 1.54) is 18.3 Å². The van der Waals surface area contributed by atoms with Crippen LogP contribution in [0.4, 0.5) is 4.79 Å². The third-order valence-corrected chi connectivity index (χ3v) is 4.52. The monoisotopic (exact) mass is 333 g/mol. The van der Waals surface area contributed by atoms with E-state index in [-0.39, 0.29) is 11.7 Å². The molecular weight excluding hydrogens is 314 g/mol. The number of carbonyl (C=O) groups is 3. The van der Waals surface area contributed by atoms with Gasteiger partial charge in [-0.15, -0.1) is 0 Å². The third-order valence-electron chi connectivity index (χ3n) is 4.52. The summed E-state index contributed by atoms with van der Waals surface area (Å²) >= 11 is 0. The molecule has 0 fully saturated rings. The molecule has 0 aromatic heterocycles. The van der Waals surface area contributed by atoms with E-state index in [4.69, 9.17) is 14.2 Å². The van der Waals surface area contributed by atoms with Crippen LogP contribution < -0.4 is 0 Å². The fourth-order valence-corrected chi connectivity index (χ4v) is 3.20. The minimum atomic E-state index is -0.820. The van der Waals surface area contributed by atoms with Crippen LogP contribution in [0.2, 0.25) is 0 Å². The van der Waals surface area contributed by atoms with Crippen LogP contribution >= 0.6 is 0 Å². The molecule has 2 aliphatic heterocycles. The molecule has 0 saturated heterocycles. The van der Waals surface area contributed by atoms with Gasteiger partial charge >= 0.3 is 12.1 Å². The fraction of sp³-hybridized carbons (Fsp3) is 0.471. The Labute approximate surface area is 139 Å². The van der Waals surface area contributed by atoms with Crippen molar-refractivity contribution in [3.05, 3.63) is 34.8 Å². The van der Waals surface area contributed by atoms with Crippen LogP contribution in [-0.4, -0.2) is 42.7 Å². The number of carbonyl (C=O) groups excluding carboxylic acids is 3. The molecule has 0 aromatic carbocycles. The zero-order chi connectivity index (χ0) is 17.4. The highest BCUT2D eigenvalue weighted by molar-refractivity contribution is 6.13. The number of hydrogen-bond donors (Lipinski definition) is 0. The summed E-state index contributed by atoms with van der Waals surface area (Å²) in [5, 5.41) is 0. The van der Waals surface area contributed by atoms with Crippen LogP contribution in [-0.2, 0) is 23.8 Å². The van der Waals surface area contributed by atoms with Gasteiger partial charge in [0.15, 0.2) is 0 Å². The van der Waals surface area contributed by atoms with E-state index in [0.29, 0.717) is 23.4 Å². The summed E-state index contributed by atoms with van der Waals surface area (Å²) in [6.45, 7) is 3.99. The van der Waals surface area contributed by atoms with Crippen LogP contribution in [0, 0.1) is 5.92 Å². The Morgan fingerprint density at radius 3 is 2.79 bits per heavy atom. The van der Waals surface area contributed by atoms with E-state index in [0.717, 1.165) is 18.4 Å². The van der Waals surface area contributed by atoms with Gasteiger partial charge in [0.05, 0.1) is 19.1 Å². The first-order valence-corrected chi connectivity index (χ1v) is 7.82. The number of hydrogen-bond acceptors (Lipinski definition) is 6. The Hall–Kier alpha value is -2.57. The smallest absolute Gasteiger partial charge is 0.414 e. The first-order chi connectivity index (χ1) is 11.4. The normalized spacial score (nSPS) is 28.0. The van der Waals surface area contributed by atoms with E-state index < -0.39 is 18.4 Å². The summed E-state index contributed by atoms with van der Waals surface area (Å²) in [6.07, 6.45) is 3.07. The van der Waals surface area contributed by atoms with Crippen molar-refractivity contribution in [3.63, 3.8) is 0 Å². The molecule has 7 nitrogen and oxygen atoms in total. The summed E-state index contributed by atoms with van der Waals surface area (Å²) in [5.41, 5.74) is 2.23. The first-order valence-electron chi connectivity index (χ1n) is 7.82. The Morgan fingerprint density at radius 2 is 2.17 bits per heavy atom. The lowest BCUT2D eigenvalue weighted by atomic mass is 9.95. The van der Waals surface area contributed by atoms with Gasteiger partial charge in [0.25, 0.3) is 6.29 Å². The predicted molar refractivity (Wildman–Crippen MR) is 82.3 cm³/mol. The van der Waals surface area contributed by atoms with Crippen molar-refractivity contribution in [3.8, 4) is 0 Å². The van der Waals surface area contributed by atoms with E-state index >= 15 is 0 Å². The molecule has 2 unspecified atom stereocenters. The second-order valence-electron chi connectivity index (χ2n) is 5.98. The van der Waals surface area contributed by atoms with Crippen LogP contribution in [0.3, 0.4) is 0 Å². The quantitative estimate of drug-likeness (QED) is 0.437. The van der Waals surface area contributed by atoms with Crippen molar-refractivity contribution in [2.45, 2.75) is 33.0 Å². The second kappa shape index (κ2) is 6.14. The number of ketones is 1. The summed E-state index contributed by atoms with van der Waals surface area (Å²) in [5.74, 6) is -0.826. The van der Waals surface area contributed by atoms with Crippen molar-refractivity contribution < 1.29 is 28.6 Å². The van der Waals surface area contributed by atoms with Gasteiger partial charge < -0.3 is 14.2 Å². The number of ether oxygens (including phenoxy) is 3. The lowest BCUT2D eigenvalue weighted by Crippen LogP contribution is -2.36. The van der Waals surface area contributed by atoms with Crippen molar-refractivity contribution in [1.82, 2.24) is 4.90 Å². The molecule has 2 heterocycles. The van der Waals surface area contributed by atoms with Crippen molar-refractivity contribution >= 4 is 17.8 Å². The van der Waals surface area contributed by atoms with Crippen LogP contribution in [0.1, 0.15) is 26.7 Å². The Balaban J connectivity index is 1.81. The fourth-order valence-electron chi connectivity index (χ4n) is 3.20. The largest absolute Gasteiger partial charge is 0.458 e. The Kier molecular flexibility index (Phi) is 4.17. The molecule has 7 heteroatoms. The van der Waals surface area contributed by atoms with E-state index in [2.05, 4.69) is 0 Å². The summed E-state index contributed by atoms with van der Waals surface area (Å²) in [7, 11) is 1.29. The molecule has 0 spiro atoms. The maximum Gasteiger partial charge on any atom is 0.414 e. The highest BCUT2D eigenvalue weighted by atomic mass is 16.7. The van der Waals surface area contributed by atoms with Gasteiger partial charge in [0, 0.05) is 29.7 Å². The number of methoxy groups -OCH3 is 1. The van der Waals surface area contributed by atoms with Gasteiger partial charge in [-0.2, -0.15) is 0 Å². The SMILES string of the molecule is COC(=O)N1CCCC2=C1C(=O)/C(=C/OC1C=C(C)C(=O)O1)C2C. The van der Waals surface area contributed by atoms with Crippen molar-refractivity contribution in [2.75, 3.05) is 13.7 Å². The topological polar surface area (TPSA) is 82.1 Å². The minimum Gasteiger partial charge on any atom is -0.458 e. The van der Waals surface area contributed by atoms with Gasteiger partial charge in [-0.1, -0.05) is 6.92 Å². The molecule has 0 aromatic rings. The molecule has 24 heavy (non-hydrogen) atoms. The number of nitrogens with zero attached hydrogens (tertiary/aromatic N) is 1. The van der Waals surface area contributed by atoms with Gasteiger partial charge in [0.2, 0.25) is 5.78 Å². The van der Waals surface area contributed by atoms with Crippen LogP contribution in [0.15, 0.2) is 34.8 Å². The predicted octanol–water partition coefficient (Wildman–Crippen LogP) is 2.05. The van der Waals surface area contributed by atoms with E-state index in [9.17, 15) is 14.4 Å². The van der Waals surface area contributed by atoms with E-state index in [1.807, 2.05) is 6.92 Å². The number of Topliss-reactive ketones (excluding diaryl/α,β-unsaturated/α-hetero) is 1. The van der Waals surface area contributed by atoms with Gasteiger partial charge in [-0.25, -0.2) is 9.59 Å². The summed E-state index contributed by atoms with van der Waals surface area (Å²) in [6, 6.07) is 0. The molecule has 0 bridgehead atoms. The third kappa shape index (κ3) is 2.60. The van der Waals surface area contributed by atoms with Crippen LogP contribution in [0.25, 0.3) is 0 Å². The zero-order valence-electron chi connectivity index (χ0n) is 13.8. The van der Waals surface area contributed by atoms with Crippen LogP contribution in [0.5, 0.6) is 0 Å². The lowest BCUT2D eigenvalue weighted by molar-refractivity contribution is -0.152. The zero-order valence-corrected chi connectivity index (χ0v) is 13.8. The standard InChI is InChI=1S/C17H19NO6/c1-9-7-13(24-16(9)20)23-8-12-10(2)11-5-4-6-18(17(21)22-3)14(11)15(12)19/h7-8,10,13H,4-6H2,1-3H3/b12-8+. The number of cyclic esters (lactones) is 1. The number of esters is 1. The molecule has 0 saturated carbocycles. The van der Waals surface area contributed by atoms with Gasteiger partial charge in [-0.3, -0.25) is 9.69 Å². The molecule has 2 atom stereocenters. The maximum absolute atomic E-state index is 12.7. The summed E-state index contributed by atoms with van der Waals surface area (Å²) in [4.78, 5) is 37.4. The first kappa shape index (κ1) is 16.3. The number of amides is 1. The molecule has 1 aliphatic carbocycles. The molecule has 0 radical (unpaired) electrons. The lowest BCUT2D eigenvalue weighted by Gasteiger charge is -2.27. The average Bonchev–Trinajstić information content (AvgIpc) is 3.02. The minimum absolute atomic E-state index is 0.151. The summed E-state index contributed by atoms with van der Waals surface area (Å²) < 4.78 is 15.2. The van der Waals surface area contributed by atoms with Crippen molar-refractivity contribution in [2.24, 2.45) is 5.92 Å². The van der Waals surface area contributed by atoms with E-state index in [1.54, 1.807) is 13.0 Å². The molecule has 3 aliphatic rings. The molecule has 3 rings (SSSR count). The molecule has 0 N–H and O–H groups in total. The Morgan fingerprint density at radius 1 is 1.42 bits per heavy atom. The Bertz CT molecular complexity index is 702. The average molecular weight is 333 g/mol. The maximum atomic E-state index is 12.7. The second-order valence-corrected chi connectivity index (χ2v) is 5.98. The van der Waals surface area contributed by atoms with Crippen molar-refractivity contribution in [1.29, 1.82) is 0 Å². The van der Waals surface area contributed by atoms with Gasteiger partial charge in [0.1, 0.15) is 0 Å². The molecule has 1 amide bonds. The highest BCUT2D eigenvalue weighted by Gasteiger charge is 2.41. The van der Waals surface area contributed by atoms with Gasteiger partial charge in [-0.05, 0) is 25.3 Å². The molecule has 128 valence electrons. The highest BCUT2D eigenvalue weighted by Crippen LogP contribution is 2.41. The molecular formula is C17H19NO6. The number of allylic oxidation sites excluding steroid dienone is 2.